The minimum absolute atomic E-state index is 0.352. The molecule has 1 aromatic rings. The Bertz CT molecular complexity index is 329. The fourth-order valence-corrected chi connectivity index (χ4v) is 1.86. The SMILES string of the molecule is CNCCCc1nnc(C(F)(F)C(F)F)s1. The van der Waals surface area contributed by atoms with Crippen LogP contribution in [-0.4, -0.2) is 30.2 Å². The summed E-state index contributed by atoms with van der Waals surface area (Å²) in [6.45, 7) is 0.708. The maximum absolute atomic E-state index is 12.8. The van der Waals surface area contributed by atoms with Gasteiger partial charge in [-0.05, 0) is 20.0 Å². The van der Waals surface area contributed by atoms with Crippen LogP contribution >= 0.6 is 11.3 Å². The Balaban J connectivity index is 2.64. The highest BCUT2D eigenvalue weighted by molar-refractivity contribution is 7.11. The molecule has 0 aliphatic rings. The number of nitrogens with one attached hydrogen (secondary N) is 1. The lowest BCUT2D eigenvalue weighted by atomic mass is 10.3. The molecule has 0 atom stereocenters. The number of alkyl halides is 4. The highest BCUT2D eigenvalue weighted by Gasteiger charge is 2.46. The van der Waals surface area contributed by atoms with Gasteiger partial charge in [-0.15, -0.1) is 10.2 Å². The number of hydrogen-bond acceptors (Lipinski definition) is 4. The summed E-state index contributed by atoms with van der Waals surface area (Å²) in [7, 11) is 1.76. The van der Waals surface area contributed by atoms with E-state index >= 15 is 0 Å². The molecule has 8 heteroatoms. The molecule has 0 unspecified atom stereocenters. The van der Waals surface area contributed by atoms with Gasteiger partial charge in [-0.1, -0.05) is 11.3 Å². The smallest absolute Gasteiger partial charge is 0.320 e. The van der Waals surface area contributed by atoms with E-state index in [9.17, 15) is 17.6 Å². The van der Waals surface area contributed by atoms with Crippen LogP contribution in [0.5, 0.6) is 0 Å². The Morgan fingerprint density at radius 1 is 1.38 bits per heavy atom. The third-order valence-corrected chi connectivity index (χ3v) is 2.91. The van der Waals surface area contributed by atoms with Crippen molar-refractivity contribution in [1.29, 1.82) is 0 Å². The third-order valence-electron chi connectivity index (χ3n) is 1.84. The summed E-state index contributed by atoms with van der Waals surface area (Å²) in [5.41, 5.74) is 0. The average molecular weight is 257 g/mol. The third kappa shape index (κ3) is 3.11. The van der Waals surface area contributed by atoms with E-state index in [4.69, 9.17) is 0 Å². The van der Waals surface area contributed by atoms with Crippen molar-refractivity contribution in [3.63, 3.8) is 0 Å². The Labute approximate surface area is 93.9 Å². The lowest BCUT2D eigenvalue weighted by molar-refractivity contribution is -0.135. The number of nitrogens with zero attached hydrogens (tertiary/aromatic N) is 2. The fraction of sp³-hybridized carbons (Fsp3) is 0.750. The minimum Gasteiger partial charge on any atom is -0.320 e. The molecule has 1 N–H and O–H groups in total. The summed E-state index contributed by atoms with van der Waals surface area (Å²) < 4.78 is 49.6. The van der Waals surface area contributed by atoms with Crippen LogP contribution in [0.25, 0.3) is 0 Å². The van der Waals surface area contributed by atoms with Crippen molar-refractivity contribution < 1.29 is 17.6 Å². The zero-order valence-electron chi connectivity index (χ0n) is 8.51. The minimum atomic E-state index is -4.20. The Kier molecular flexibility index (Phi) is 4.60. The molecule has 0 fully saturated rings. The van der Waals surface area contributed by atoms with Crippen molar-refractivity contribution in [3.05, 3.63) is 10.0 Å². The zero-order valence-corrected chi connectivity index (χ0v) is 9.33. The van der Waals surface area contributed by atoms with Gasteiger partial charge in [0.05, 0.1) is 0 Å². The fourth-order valence-electron chi connectivity index (χ4n) is 0.999. The molecule has 0 aromatic carbocycles. The van der Waals surface area contributed by atoms with Gasteiger partial charge in [0.1, 0.15) is 5.01 Å². The molecule has 92 valence electrons. The summed E-state index contributed by atoms with van der Waals surface area (Å²) in [4.78, 5) is 0. The zero-order chi connectivity index (χ0) is 12.2. The van der Waals surface area contributed by atoms with Gasteiger partial charge in [0.15, 0.2) is 5.01 Å². The molecule has 0 aliphatic carbocycles. The largest absolute Gasteiger partial charge is 0.359 e. The van der Waals surface area contributed by atoms with E-state index in [1.807, 2.05) is 0 Å². The molecule has 3 nitrogen and oxygen atoms in total. The molecule has 1 rings (SSSR count). The van der Waals surface area contributed by atoms with E-state index in [0.29, 0.717) is 35.7 Å². The van der Waals surface area contributed by atoms with Crippen LogP contribution in [0, 0.1) is 0 Å². The highest BCUT2D eigenvalue weighted by atomic mass is 32.1. The summed E-state index contributed by atoms with van der Waals surface area (Å²) in [5.74, 6) is -4.20. The molecule has 16 heavy (non-hydrogen) atoms. The van der Waals surface area contributed by atoms with Gasteiger partial charge >= 0.3 is 12.3 Å². The lowest BCUT2D eigenvalue weighted by Gasteiger charge is -2.09. The molecule has 0 saturated carbocycles. The first-order chi connectivity index (χ1) is 7.48. The molecule has 1 heterocycles. The van der Waals surface area contributed by atoms with Crippen molar-refractivity contribution in [2.24, 2.45) is 0 Å². The monoisotopic (exact) mass is 257 g/mol. The number of rotatable bonds is 6. The maximum Gasteiger partial charge on any atom is 0.359 e. The molecule has 0 bridgehead atoms. The van der Waals surface area contributed by atoms with E-state index in [1.165, 1.54) is 0 Å². The van der Waals surface area contributed by atoms with Gasteiger partial charge in [0.2, 0.25) is 0 Å². The van der Waals surface area contributed by atoms with Crippen LogP contribution in [0.2, 0.25) is 0 Å². The molecule has 0 amide bonds. The standard InChI is InChI=1S/C8H11F4N3S/c1-13-4-2-3-5-14-15-7(16-5)8(11,12)6(9)10/h6,13H,2-4H2,1H3. The van der Waals surface area contributed by atoms with Gasteiger partial charge in [0.25, 0.3) is 0 Å². The Morgan fingerprint density at radius 2 is 2.06 bits per heavy atom. The lowest BCUT2D eigenvalue weighted by Crippen LogP contribution is -2.23. The molecule has 0 saturated heterocycles. The molecule has 0 spiro atoms. The highest BCUT2D eigenvalue weighted by Crippen LogP contribution is 2.36. The van der Waals surface area contributed by atoms with Gasteiger partial charge < -0.3 is 5.32 Å². The van der Waals surface area contributed by atoms with Crippen LogP contribution < -0.4 is 5.32 Å². The van der Waals surface area contributed by atoms with Crippen LogP contribution in [0.1, 0.15) is 16.4 Å². The Morgan fingerprint density at radius 3 is 2.62 bits per heavy atom. The van der Waals surface area contributed by atoms with E-state index < -0.39 is 17.4 Å². The normalized spacial score (nSPS) is 12.4. The van der Waals surface area contributed by atoms with Gasteiger partial charge in [-0.25, -0.2) is 8.78 Å². The molecular formula is C8H11F4N3S. The molecule has 1 aromatic heterocycles. The number of aromatic nitrogens is 2. The van der Waals surface area contributed by atoms with Crippen molar-refractivity contribution in [1.82, 2.24) is 15.5 Å². The number of halogens is 4. The van der Waals surface area contributed by atoms with E-state index in [1.54, 1.807) is 7.05 Å². The van der Waals surface area contributed by atoms with Crippen molar-refractivity contribution in [3.8, 4) is 0 Å². The van der Waals surface area contributed by atoms with Crippen molar-refractivity contribution in [2.75, 3.05) is 13.6 Å². The molecule has 0 aliphatic heterocycles. The second kappa shape index (κ2) is 5.53. The van der Waals surface area contributed by atoms with E-state index in [0.717, 1.165) is 0 Å². The number of aryl methyl sites for hydroxylation is 1. The van der Waals surface area contributed by atoms with Crippen LogP contribution in [0.15, 0.2) is 0 Å². The summed E-state index contributed by atoms with van der Waals surface area (Å²) in [6.07, 6.45) is -2.59. The summed E-state index contributed by atoms with van der Waals surface area (Å²) >= 11 is 0.539. The van der Waals surface area contributed by atoms with Crippen molar-refractivity contribution in [2.45, 2.75) is 25.2 Å². The first-order valence-corrected chi connectivity index (χ1v) is 5.43. The first-order valence-electron chi connectivity index (χ1n) is 4.62. The predicted molar refractivity (Wildman–Crippen MR) is 52.1 cm³/mol. The summed E-state index contributed by atoms with van der Waals surface area (Å²) in [5, 5.41) is 8.89. The first kappa shape index (κ1) is 13.3. The molecular weight excluding hydrogens is 246 g/mol. The second-order valence-corrected chi connectivity index (χ2v) is 4.19. The van der Waals surface area contributed by atoms with Gasteiger partial charge in [-0.2, -0.15) is 8.78 Å². The van der Waals surface area contributed by atoms with Gasteiger partial charge in [0, 0.05) is 6.42 Å². The number of hydrogen-bond donors (Lipinski definition) is 1. The maximum atomic E-state index is 12.8. The average Bonchev–Trinajstić information content (AvgIpc) is 2.67. The van der Waals surface area contributed by atoms with E-state index in [-0.39, 0.29) is 0 Å². The topological polar surface area (TPSA) is 37.8 Å². The molecule has 0 radical (unpaired) electrons. The quantitative estimate of drug-likeness (QED) is 0.626. The Hall–Kier alpha value is -0.760. The predicted octanol–water partition coefficient (Wildman–Crippen LogP) is 2.05. The van der Waals surface area contributed by atoms with Crippen LogP contribution in [0.3, 0.4) is 0 Å². The second-order valence-electron chi connectivity index (χ2n) is 3.13. The van der Waals surface area contributed by atoms with E-state index in [2.05, 4.69) is 15.5 Å². The van der Waals surface area contributed by atoms with Crippen molar-refractivity contribution >= 4 is 11.3 Å². The van der Waals surface area contributed by atoms with Gasteiger partial charge in [-0.3, -0.25) is 0 Å². The van der Waals surface area contributed by atoms with Crippen LogP contribution in [0.4, 0.5) is 17.6 Å². The summed E-state index contributed by atoms with van der Waals surface area (Å²) in [6, 6.07) is 0. The van der Waals surface area contributed by atoms with Crippen LogP contribution in [-0.2, 0) is 12.3 Å².